The fourth-order valence-corrected chi connectivity index (χ4v) is 2.88. The van der Waals surface area contributed by atoms with Gasteiger partial charge in [-0.15, -0.1) is 5.10 Å². The molecule has 1 atom stereocenters. The molecule has 1 unspecified atom stereocenters. The Morgan fingerprint density at radius 1 is 1.59 bits per heavy atom. The molecule has 0 aromatic carbocycles. The summed E-state index contributed by atoms with van der Waals surface area (Å²) in [6.07, 6.45) is 2.67. The van der Waals surface area contributed by atoms with Gasteiger partial charge in [-0.2, -0.15) is 5.10 Å². The quantitative estimate of drug-likeness (QED) is 0.935. The average molecular weight is 316 g/mol. The van der Waals surface area contributed by atoms with Gasteiger partial charge in [0.05, 0.1) is 33.0 Å². The minimum Gasteiger partial charge on any atom is -0.312 e. The molecule has 17 heavy (non-hydrogen) atoms. The normalized spacial score (nSPS) is 12.9. The first-order valence-corrected chi connectivity index (χ1v) is 6.82. The molecular weight excluding hydrogens is 302 g/mol. The van der Waals surface area contributed by atoms with E-state index in [1.54, 1.807) is 0 Å². The molecular formula is C10H14BrN5S. The van der Waals surface area contributed by atoms with Crippen LogP contribution in [0, 0.1) is 6.92 Å². The lowest BCUT2D eigenvalue weighted by Crippen LogP contribution is -2.19. The van der Waals surface area contributed by atoms with Gasteiger partial charge in [-0.1, -0.05) is 4.49 Å². The third-order valence-corrected chi connectivity index (χ3v) is 4.54. The van der Waals surface area contributed by atoms with Crippen molar-refractivity contribution in [1.29, 1.82) is 0 Å². The van der Waals surface area contributed by atoms with E-state index in [9.17, 15) is 0 Å². The summed E-state index contributed by atoms with van der Waals surface area (Å²) < 4.78 is 6.90. The van der Waals surface area contributed by atoms with Crippen LogP contribution in [0.3, 0.4) is 0 Å². The molecule has 0 fully saturated rings. The first-order chi connectivity index (χ1) is 8.13. The van der Waals surface area contributed by atoms with E-state index in [0.717, 1.165) is 21.5 Å². The molecule has 0 bridgehead atoms. The summed E-state index contributed by atoms with van der Waals surface area (Å²) in [5, 5.41) is 11.6. The SMILES string of the molecule is CNC(Cc1c(Br)c(C)nn1C)c1cnns1. The van der Waals surface area contributed by atoms with Gasteiger partial charge < -0.3 is 5.32 Å². The summed E-state index contributed by atoms with van der Waals surface area (Å²) >= 11 is 5.01. The zero-order valence-electron chi connectivity index (χ0n) is 9.94. The van der Waals surface area contributed by atoms with Gasteiger partial charge in [-0.25, -0.2) is 0 Å². The van der Waals surface area contributed by atoms with Crippen molar-refractivity contribution < 1.29 is 0 Å². The van der Waals surface area contributed by atoms with E-state index in [4.69, 9.17) is 0 Å². The van der Waals surface area contributed by atoms with Crippen molar-refractivity contribution in [1.82, 2.24) is 24.7 Å². The van der Waals surface area contributed by atoms with Gasteiger partial charge in [0, 0.05) is 13.5 Å². The van der Waals surface area contributed by atoms with E-state index in [0.29, 0.717) is 0 Å². The second-order valence-corrected chi connectivity index (χ2v) is 5.45. The van der Waals surface area contributed by atoms with Crippen LogP contribution in [0.4, 0.5) is 0 Å². The molecule has 2 aromatic heterocycles. The Balaban J connectivity index is 2.24. The Morgan fingerprint density at radius 3 is 2.82 bits per heavy atom. The molecule has 0 aliphatic rings. The smallest absolute Gasteiger partial charge is 0.0738 e. The highest BCUT2D eigenvalue weighted by atomic mass is 79.9. The number of likely N-dealkylation sites (N-methyl/N-ethyl adjacent to an activating group) is 1. The average Bonchev–Trinajstić information content (AvgIpc) is 2.89. The lowest BCUT2D eigenvalue weighted by atomic mass is 10.1. The first kappa shape index (κ1) is 12.7. The predicted octanol–water partition coefficient (Wildman–Crippen LogP) is 1.85. The van der Waals surface area contributed by atoms with Gasteiger partial charge in [0.1, 0.15) is 0 Å². The molecule has 0 saturated heterocycles. The van der Waals surface area contributed by atoms with E-state index in [2.05, 4.69) is 35.9 Å². The largest absolute Gasteiger partial charge is 0.312 e. The van der Waals surface area contributed by atoms with Crippen LogP contribution in [0.5, 0.6) is 0 Å². The zero-order valence-corrected chi connectivity index (χ0v) is 12.3. The third kappa shape index (κ3) is 2.56. The van der Waals surface area contributed by atoms with Crippen LogP contribution in [-0.4, -0.2) is 26.4 Å². The summed E-state index contributed by atoms with van der Waals surface area (Å²) in [5.74, 6) is 0. The molecule has 0 radical (unpaired) electrons. The number of rotatable bonds is 4. The molecule has 2 aromatic rings. The van der Waals surface area contributed by atoms with E-state index in [-0.39, 0.29) is 6.04 Å². The monoisotopic (exact) mass is 315 g/mol. The fourth-order valence-electron chi connectivity index (χ4n) is 1.77. The van der Waals surface area contributed by atoms with Crippen molar-refractivity contribution in [2.45, 2.75) is 19.4 Å². The van der Waals surface area contributed by atoms with Crippen molar-refractivity contribution in [2.75, 3.05) is 7.05 Å². The Labute approximate surface area is 113 Å². The third-order valence-electron chi connectivity index (χ3n) is 2.73. The minimum absolute atomic E-state index is 0.223. The molecule has 2 heterocycles. The molecule has 0 saturated carbocycles. The number of aryl methyl sites for hydroxylation is 2. The highest BCUT2D eigenvalue weighted by molar-refractivity contribution is 9.10. The van der Waals surface area contributed by atoms with Crippen LogP contribution >= 0.6 is 27.5 Å². The number of hydrogen-bond acceptors (Lipinski definition) is 5. The van der Waals surface area contributed by atoms with Crippen molar-refractivity contribution in [3.8, 4) is 0 Å². The Bertz CT molecular complexity index is 493. The number of halogens is 1. The molecule has 1 N–H and O–H groups in total. The molecule has 7 heteroatoms. The number of nitrogens with zero attached hydrogens (tertiary/aromatic N) is 4. The second-order valence-electron chi connectivity index (χ2n) is 3.83. The maximum Gasteiger partial charge on any atom is 0.0738 e. The molecule has 0 aliphatic heterocycles. The highest BCUT2D eigenvalue weighted by Crippen LogP contribution is 2.26. The van der Waals surface area contributed by atoms with Crippen LogP contribution in [0.1, 0.15) is 22.3 Å². The van der Waals surface area contributed by atoms with E-state index >= 15 is 0 Å². The van der Waals surface area contributed by atoms with Crippen molar-refractivity contribution >= 4 is 27.5 Å². The lowest BCUT2D eigenvalue weighted by molar-refractivity contribution is 0.567. The second kappa shape index (κ2) is 5.24. The molecule has 92 valence electrons. The highest BCUT2D eigenvalue weighted by Gasteiger charge is 2.18. The van der Waals surface area contributed by atoms with Gasteiger partial charge in [-0.3, -0.25) is 4.68 Å². The van der Waals surface area contributed by atoms with Gasteiger partial charge >= 0.3 is 0 Å². The lowest BCUT2D eigenvalue weighted by Gasteiger charge is -2.13. The van der Waals surface area contributed by atoms with Crippen LogP contribution in [0.25, 0.3) is 0 Å². The van der Waals surface area contributed by atoms with Gasteiger partial charge in [0.15, 0.2) is 0 Å². The van der Waals surface area contributed by atoms with Crippen molar-refractivity contribution in [3.63, 3.8) is 0 Å². The molecule has 2 rings (SSSR count). The minimum atomic E-state index is 0.223. The Morgan fingerprint density at radius 2 is 2.35 bits per heavy atom. The topological polar surface area (TPSA) is 55.6 Å². The Kier molecular flexibility index (Phi) is 3.90. The van der Waals surface area contributed by atoms with Crippen molar-refractivity contribution in [2.24, 2.45) is 7.05 Å². The standard InChI is InChI=1S/C10H14BrN5S/c1-6-10(11)8(16(3)14-6)4-7(12-2)9-5-13-15-17-9/h5,7,12H,4H2,1-3H3. The van der Waals surface area contributed by atoms with Crippen LogP contribution in [0.2, 0.25) is 0 Å². The summed E-state index contributed by atoms with van der Waals surface area (Å²) in [6.45, 7) is 2.00. The molecule has 5 nitrogen and oxygen atoms in total. The summed E-state index contributed by atoms with van der Waals surface area (Å²) in [5.41, 5.74) is 2.19. The summed E-state index contributed by atoms with van der Waals surface area (Å²) in [4.78, 5) is 1.14. The molecule has 0 amide bonds. The van der Waals surface area contributed by atoms with E-state index in [1.807, 2.05) is 31.9 Å². The van der Waals surface area contributed by atoms with Gasteiger partial charge in [0.2, 0.25) is 0 Å². The van der Waals surface area contributed by atoms with E-state index in [1.165, 1.54) is 17.2 Å². The maximum atomic E-state index is 4.39. The summed E-state index contributed by atoms with van der Waals surface area (Å²) in [6, 6.07) is 0.223. The van der Waals surface area contributed by atoms with Crippen LogP contribution < -0.4 is 5.32 Å². The van der Waals surface area contributed by atoms with Crippen LogP contribution in [-0.2, 0) is 13.5 Å². The molecule has 0 spiro atoms. The van der Waals surface area contributed by atoms with Gasteiger partial charge in [-0.05, 0) is 41.4 Å². The number of aromatic nitrogens is 4. The number of hydrogen-bond donors (Lipinski definition) is 1. The fraction of sp³-hybridized carbons (Fsp3) is 0.500. The zero-order chi connectivity index (χ0) is 12.4. The van der Waals surface area contributed by atoms with E-state index < -0.39 is 0 Å². The summed E-state index contributed by atoms with van der Waals surface area (Å²) in [7, 11) is 3.91. The number of nitrogens with one attached hydrogen (secondary N) is 1. The predicted molar refractivity (Wildman–Crippen MR) is 71.1 cm³/mol. The maximum absolute atomic E-state index is 4.39. The van der Waals surface area contributed by atoms with Crippen LogP contribution in [0.15, 0.2) is 10.7 Å². The van der Waals surface area contributed by atoms with Gasteiger partial charge in [0.25, 0.3) is 0 Å². The van der Waals surface area contributed by atoms with Crippen molar-refractivity contribution in [3.05, 3.63) is 26.9 Å². The molecule has 0 aliphatic carbocycles. The first-order valence-electron chi connectivity index (χ1n) is 5.26. The Hall–Kier alpha value is -0.790.